The van der Waals surface area contributed by atoms with Crippen molar-refractivity contribution in [3.05, 3.63) is 28.5 Å². The van der Waals surface area contributed by atoms with Crippen LogP contribution in [0.15, 0.2) is 16.8 Å². The SMILES string of the molecule is Cc1onc(C(=O)N(C)C)c1-c1ccnc(=S)[nH]1. The Balaban J connectivity index is 2.61. The van der Waals surface area contributed by atoms with Crippen molar-refractivity contribution in [3.63, 3.8) is 0 Å². The van der Waals surface area contributed by atoms with Crippen LogP contribution in [0.4, 0.5) is 0 Å². The van der Waals surface area contributed by atoms with E-state index >= 15 is 0 Å². The van der Waals surface area contributed by atoms with Gasteiger partial charge in [-0.2, -0.15) is 0 Å². The van der Waals surface area contributed by atoms with Gasteiger partial charge in [-0.15, -0.1) is 0 Å². The van der Waals surface area contributed by atoms with Crippen molar-refractivity contribution in [3.8, 4) is 11.3 Å². The molecule has 0 radical (unpaired) electrons. The summed E-state index contributed by atoms with van der Waals surface area (Å²) in [5.41, 5.74) is 1.54. The lowest BCUT2D eigenvalue weighted by Gasteiger charge is -2.08. The minimum Gasteiger partial charge on any atom is -0.360 e. The lowest BCUT2D eigenvalue weighted by Crippen LogP contribution is -2.22. The van der Waals surface area contributed by atoms with Crippen LogP contribution in [0.2, 0.25) is 0 Å². The Bertz CT molecular complexity index is 644. The Morgan fingerprint density at radius 1 is 1.50 bits per heavy atom. The lowest BCUT2D eigenvalue weighted by atomic mass is 10.1. The zero-order valence-electron chi connectivity index (χ0n) is 10.2. The molecule has 2 aromatic rings. The Labute approximate surface area is 109 Å². The quantitative estimate of drug-likeness (QED) is 0.837. The number of carbonyl (C=O) groups is 1. The average Bonchev–Trinajstić information content (AvgIpc) is 2.70. The first-order chi connectivity index (χ1) is 8.50. The van der Waals surface area contributed by atoms with Gasteiger partial charge in [0.1, 0.15) is 5.76 Å². The third-order valence-corrected chi connectivity index (χ3v) is 2.62. The maximum Gasteiger partial charge on any atom is 0.276 e. The predicted octanol–water partition coefficient (Wildman–Crippen LogP) is 1.80. The monoisotopic (exact) mass is 264 g/mol. The highest BCUT2D eigenvalue weighted by Crippen LogP contribution is 2.25. The minimum absolute atomic E-state index is 0.224. The predicted molar refractivity (Wildman–Crippen MR) is 67.7 cm³/mol. The van der Waals surface area contributed by atoms with E-state index in [0.29, 0.717) is 21.8 Å². The fourth-order valence-electron chi connectivity index (χ4n) is 1.56. The second-order valence-corrected chi connectivity index (χ2v) is 4.34. The summed E-state index contributed by atoms with van der Waals surface area (Å²) in [6.45, 7) is 1.74. The zero-order valence-corrected chi connectivity index (χ0v) is 11.0. The fraction of sp³-hybridized carbons (Fsp3) is 0.273. The number of nitrogens with zero attached hydrogens (tertiary/aromatic N) is 3. The second-order valence-electron chi connectivity index (χ2n) is 3.95. The number of aromatic amines is 1. The molecule has 7 heteroatoms. The molecular weight excluding hydrogens is 252 g/mol. The van der Waals surface area contributed by atoms with Gasteiger partial charge in [-0.25, -0.2) is 4.98 Å². The molecular formula is C11H12N4O2S. The summed E-state index contributed by atoms with van der Waals surface area (Å²) in [7, 11) is 3.32. The van der Waals surface area contributed by atoms with Gasteiger partial charge in [0, 0.05) is 20.3 Å². The van der Waals surface area contributed by atoms with E-state index < -0.39 is 0 Å². The van der Waals surface area contributed by atoms with Crippen molar-refractivity contribution in [2.45, 2.75) is 6.92 Å². The van der Waals surface area contributed by atoms with Crippen LogP contribution >= 0.6 is 12.2 Å². The fourth-order valence-corrected chi connectivity index (χ4v) is 1.73. The molecule has 0 fully saturated rings. The lowest BCUT2D eigenvalue weighted by molar-refractivity contribution is 0.0818. The van der Waals surface area contributed by atoms with Crippen LogP contribution < -0.4 is 0 Å². The van der Waals surface area contributed by atoms with Gasteiger partial charge in [0.05, 0.1) is 11.3 Å². The molecule has 0 aromatic carbocycles. The summed E-state index contributed by atoms with van der Waals surface area (Å²) < 4.78 is 5.43. The van der Waals surface area contributed by atoms with Gasteiger partial charge in [-0.05, 0) is 25.2 Å². The third-order valence-electron chi connectivity index (χ3n) is 2.42. The standard InChI is InChI=1S/C11H12N4O2S/c1-6-8(7-4-5-12-11(18)13-7)9(14-17-6)10(16)15(2)3/h4-5H,1-3H3,(H,12,13,18). The van der Waals surface area contributed by atoms with Gasteiger partial charge in [-0.3, -0.25) is 4.79 Å². The van der Waals surface area contributed by atoms with Crippen molar-refractivity contribution >= 4 is 18.1 Å². The maximum absolute atomic E-state index is 12.0. The van der Waals surface area contributed by atoms with Gasteiger partial charge in [0.2, 0.25) is 0 Å². The van der Waals surface area contributed by atoms with Crippen LogP contribution in [0.3, 0.4) is 0 Å². The number of aromatic nitrogens is 3. The first kappa shape index (κ1) is 12.4. The summed E-state index contributed by atoms with van der Waals surface area (Å²) in [5, 5.41) is 3.80. The second kappa shape index (κ2) is 4.69. The summed E-state index contributed by atoms with van der Waals surface area (Å²) in [4.78, 5) is 20.2. The molecule has 0 saturated carbocycles. The summed E-state index contributed by atoms with van der Waals surface area (Å²) in [6, 6.07) is 1.72. The van der Waals surface area contributed by atoms with Crippen molar-refractivity contribution in [1.82, 2.24) is 20.0 Å². The third kappa shape index (κ3) is 2.17. The number of amides is 1. The van der Waals surface area contributed by atoms with Crippen molar-refractivity contribution in [2.75, 3.05) is 14.1 Å². The minimum atomic E-state index is -0.224. The van der Waals surface area contributed by atoms with Gasteiger partial charge in [0.15, 0.2) is 10.5 Å². The number of aryl methyl sites for hydroxylation is 1. The number of nitrogens with one attached hydrogen (secondary N) is 1. The summed E-state index contributed by atoms with van der Waals surface area (Å²) >= 11 is 4.96. The number of hydrogen-bond acceptors (Lipinski definition) is 5. The Kier molecular flexibility index (Phi) is 3.24. The molecule has 0 aliphatic heterocycles. The van der Waals surface area contributed by atoms with Gasteiger partial charge in [0.25, 0.3) is 5.91 Å². The molecule has 0 aliphatic rings. The molecule has 0 aliphatic carbocycles. The largest absolute Gasteiger partial charge is 0.360 e. The molecule has 1 N–H and O–H groups in total. The van der Waals surface area contributed by atoms with Crippen LogP contribution in [-0.4, -0.2) is 40.0 Å². The van der Waals surface area contributed by atoms with Gasteiger partial charge in [-0.1, -0.05) is 5.16 Å². The first-order valence-electron chi connectivity index (χ1n) is 5.24. The molecule has 2 heterocycles. The van der Waals surface area contributed by atoms with Crippen molar-refractivity contribution < 1.29 is 9.32 Å². The van der Waals surface area contributed by atoms with E-state index in [1.165, 1.54) is 4.90 Å². The highest BCUT2D eigenvalue weighted by molar-refractivity contribution is 7.71. The molecule has 0 unspecified atom stereocenters. The van der Waals surface area contributed by atoms with E-state index in [0.717, 1.165) is 0 Å². The highest BCUT2D eigenvalue weighted by atomic mass is 32.1. The van der Waals surface area contributed by atoms with Crippen molar-refractivity contribution in [2.24, 2.45) is 0 Å². The Morgan fingerprint density at radius 2 is 2.22 bits per heavy atom. The number of carbonyl (C=O) groups excluding carboxylic acids is 1. The molecule has 0 saturated heterocycles. The zero-order chi connectivity index (χ0) is 13.3. The molecule has 0 atom stereocenters. The number of rotatable bonds is 2. The smallest absolute Gasteiger partial charge is 0.276 e. The number of H-pyrrole nitrogens is 1. The molecule has 18 heavy (non-hydrogen) atoms. The van der Waals surface area contributed by atoms with Crippen LogP contribution in [0.5, 0.6) is 0 Å². The number of hydrogen-bond donors (Lipinski definition) is 1. The van der Waals surface area contributed by atoms with E-state index in [9.17, 15) is 4.79 Å². The van der Waals surface area contributed by atoms with Crippen LogP contribution in [0, 0.1) is 11.7 Å². The molecule has 0 spiro atoms. The molecule has 94 valence electrons. The Hall–Kier alpha value is -2.02. The van der Waals surface area contributed by atoms with Gasteiger partial charge < -0.3 is 14.4 Å². The average molecular weight is 264 g/mol. The van der Waals surface area contributed by atoms with Crippen LogP contribution in [0.25, 0.3) is 11.3 Å². The maximum atomic E-state index is 12.0. The van der Waals surface area contributed by atoms with E-state index in [2.05, 4.69) is 15.1 Å². The summed E-state index contributed by atoms with van der Waals surface area (Å²) in [5.74, 6) is 0.329. The summed E-state index contributed by atoms with van der Waals surface area (Å²) in [6.07, 6.45) is 1.57. The molecule has 2 rings (SSSR count). The molecule has 0 bridgehead atoms. The van der Waals surface area contributed by atoms with Crippen molar-refractivity contribution in [1.29, 1.82) is 0 Å². The van der Waals surface area contributed by atoms with Crippen LogP contribution in [0.1, 0.15) is 16.2 Å². The van der Waals surface area contributed by atoms with E-state index in [1.54, 1.807) is 33.3 Å². The first-order valence-corrected chi connectivity index (χ1v) is 5.65. The molecule has 2 aromatic heterocycles. The van der Waals surface area contributed by atoms with Gasteiger partial charge >= 0.3 is 0 Å². The van der Waals surface area contributed by atoms with E-state index in [1.807, 2.05) is 0 Å². The van der Waals surface area contributed by atoms with Crippen LogP contribution in [-0.2, 0) is 0 Å². The van der Waals surface area contributed by atoms with E-state index in [4.69, 9.17) is 16.7 Å². The molecule has 6 nitrogen and oxygen atoms in total. The highest BCUT2D eigenvalue weighted by Gasteiger charge is 2.22. The van der Waals surface area contributed by atoms with E-state index in [-0.39, 0.29) is 11.6 Å². The topological polar surface area (TPSA) is 75.0 Å². The molecule has 1 amide bonds. The Morgan fingerprint density at radius 3 is 2.83 bits per heavy atom. The normalized spacial score (nSPS) is 10.4.